The van der Waals surface area contributed by atoms with Gasteiger partial charge in [0.15, 0.2) is 0 Å². The maximum Gasteiger partial charge on any atom is 0.223 e. The first kappa shape index (κ1) is 14.0. The lowest BCUT2D eigenvalue weighted by Gasteiger charge is -2.24. The molecule has 1 aliphatic heterocycles. The number of likely N-dealkylation sites (tertiary alicyclic amines) is 1. The molecule has 2 aromatic rings. The Labute approximate surface area is 126 Å². The summed E-state index contributed by atoms with van der Waals surface area (Å²) >= 11 is 0. The van der Waals surface area contributed by atoms with Gasteiger partial charge in [-0.1, -0.05) is 30.3 Å². The van der Waals surface area contributed by atoms with Crippen molar-refractivity contribution in [3.8, 4) is 0 Å². The number of nitrogens with one attached hydrogen (secondary N) is 1. The number of rotatable bonds is 4. The average Bonchev–Trinajstić information content (AvgIpc) is 2.96. The Kier molecular flexibility index (Phi) is 4.15. The second kappa shape index (κ2) is 6.22. The van der Waals surface area contributed by atoms with E-state index in [1.54, 1.807) is 0 Å². The smallest absolute Gasteiger partial charge is 0.223 e. The lowest BCUT2D eigenvalue weighted by molar-refractivity contribution is 0.261. The number of nitrogens with zero attached hydrogens (tertiary/aromatic N) is 3. The summed E-state index contributed by atoms with van der Waals surface area (Å²) in [5.74, 6) is 0.745. The third-order valence-corrected chi connectivity index (χ3v) is 4.18. The number of benzene rings is 1. The van der Waals surface area contributed by atoms with Crippen LogP contribution in [0.3, 0.4) is 0 Å². The largest absolute Gasteiger partial charge is 0.350 e. The van der Waals surface area contributed by atoms with E-state index < -0.39 is 0 Å². The van der Waals surface area contributed by atoms with Crippen molar-refractivity contribution >= 4 is 5.95 Å². The first-order valence-corrected chi connectivity index (χ1v) is 7.57. The normalized spacial score (nSPS) is 20.4. The van der Waals surface area contributed by atoms with E-state index in [0.717, 1.165) is 31.2 Å². The third kappa shape index (κ3) is 3.39. The SMILES string of the molecule is Cc1ccnc(NC2CCN(C(C)c3ccccc3)C2)n1. The van der Waals surface area contributed by atoms with Crippen LogP contribution in [-0.4, -0.2) is 34.0 Å². The molecule has 1 aromatic carbocycles. The molecule has 0 aliphatic carbocycles. The van der Waals surface area contributed by atoms with Crippen LogP contribution >= 0.6 is 0 Å². The van der Waals surface area contributed by atoms with E-state index in [-0.39, 0.29) is 0 Å². The fraction of sp³-hybridized carbons (Fsp3) is 0.412. The van der Waals surface area contributed by atoms with Gasteiger partial charge in [-0.15, -0.1) is 0 Å². The number of hydrogen-bond donors (Lipinski definition) is 1. The van der Waals surface area contributed by atoms with Gasteiger partial charge in [-0.05, 0) is 31.9 Å². The highest BCUT2D eigenvalue weighted by Crippen LogP contribution is 2.25. The summed E-state index contributed by atoms with van der Waals surface area (Å²) < 4.78 is 0. The number of aryl methyl sites for hydroxylation is 1. The molecule has 4 heteroatoms. The van der Waals surface area contributed by atoms with Crippen LogP contribution in [0.5, 0.6) is 0 Å². The Bertz CT molecular complexity index is 584. The summed E-state index contributed by atoms with van der Waals surface area (Å²) in [6, 6.07) is 13.5. The van der Waals surface area contributed by atoms with Gasteiger partial charge < -0.3 is 5.32 Å². The molecule has 1 saturated heterocycles. The first-order chi connectivity index (χ1) is 10.2. The van der Waals surface area contributed by atoms with E-state index in [2.05, 4.69) is 57.4 Å². The van der Waals surface area contributed by atoms with Gasteiger partial charge >= 0.3 is 0 Å². The molecular formula is C17H22N4. The van der Waals surface area contributed by atoms with Crippen molar-refractivity contribution in [3.05, 3.63) is 53.9 Å². The van der Waals surface area contributed by atoms with Crippen LogP contribution in [0, 0.1) is 6.92 Å². The highest BCUT2D eigenvalue weighted by Gasteiger charge is 2.27. The number of anilines is 1. The Balaban J connectivity index is 1.60. The predicted octanol–water partition coefficient (Wildman–Crippen LogP) is 3.03. The molecule has 3 rings (SSSR count). The van der Waals surface area contributed by atoms with Crippen molar-refractivity contribution in [1.29, 1.82) is 0 Å². The summed E-state index contributed by atoms with van der Waals surface area (Å²) in [4.78, 5) is 11.2. The standard InChI is InChI=1S/C17H22N4/c1-13-8-10-18-17(19-13)20-16-9-11-21(12-16)14(2)15-6-4-3-5-7-15/h3-8,10,14,16H,9,11-12H2,1-2H3,(H,18,19,20). The van der Waals surface area contributed by atoms with Crippen molar-refractivity contribution in [1.82, 2.24) is 14.9 Å². The van der Waals surface area contributed by atoms with Gasteiger partial charge in [0, 0.05) is 37.1 Å². The molecule has 0 saturated carbocycles. The minimum atomic E-state index is 0.429. The zero-order chi connectivity index (χ0) is 14.7. The highest BCUT2D eigenvalue weighted by molar-refractivity contribution is 5.27. The Morgan fingerprint density at radius 1 is 1.24 bits per heavy atom. The summed E-state index contributed by atoms with van der Waals surface area (Å²) in [6.07, 6.45) is 2.94. The van der Waals surface area contributed by atoms with Crippen LogP contribution in [0.15, 0.2) is 42.6 Å². The molecule has 1 aliphatic rings. The minimum Gasteiger partial charge on any atom is -0.350 e. The molecule has 0 radical (unpaired) electrons. The molecule has 2 heterocycles. The maximum absolute atomic E-state index is 4.42. The minimum absolute atomic E-state index is 0.429. The zero-order valence-corrected chi connectivity index (χ0v) is 12.7. The summed E-state index contributed by atoms with van der Waals surface area (Å²) in [6.45, 7) is 6.42. The van der Waals surface area contributed by atoms with Crippen molar-refractivity contribution < 1.29 is 0 Å². The van der Waals surface area contributed by atoms with Gasteiger partial charge in [-0.25, -0.2) is 9.97 Å². The lowest BCUT2D eigenvalue weighted by Crippen LogP contribution is -2.29. The van der Waals surface area contributed by atoms with E-state index in [9.17, 15) is 0 Å². The van der Waals surface area contributed by atoms with Gasteiger partial charge in [0.1, 0.15) is 0 Å². The van der Waals surface area contributed by atoms with Crippen LogP contribution in [-0.2, 0) is 0 Å². The molecule has 0 spiro atoms. The highest BCUT2D eigenvalue weighted by atomic mass is 15.2. The molecule has 1 fully saturated rings. The first-order valence-electron chi connectivity index (χ1n) is 7.57. The maximum atomic E-state index is 4.42. The zero-order valence-electron chi connectivity index (χ0n) is 12.7. The van der Waals surface area contributed by atoms with Gasteiger partial charge in [-0.3, -0.25) is 4.90 Å². The van der Waals surface area contributed by atoms with Crippen LogP contribution in [0.1, 0.15) is 30.6 Å². The van der Waals surface area contributed by atoms with E-state index >= 15 is 0 Å². The van der Waals surface area contributed by atoms with E-state index in [4.69, 9.17) is 0 Å². The van der Waals surface area contributed by atoms with Gasteiger partial charge in [0.2, 0.25) is 5.95 Å². The molecule has 1 N–H and O–H groups in total. The van der Waals surface area contributed by atoms with E-state index in [1.807, 2.05) is 19.2 Å². The van der Waals surface area contributed by atoms with Gasteiger partial charge in [-0.2, -0.15) is 0 Å². The molecule has 2 unspecified atom stereocenters. The van der Waals surface area contributed by atoms with Crippen LogP contribution in [0.2, 0.25) is 0 Å². The molecule has 2 atom stereocenters. The van der Waals surface area contributed by atoms with E-state index in [0.29, 0.717) is 12.1 Å². The van der Waals surface area contributed by atoms with Gasteiger partial charge in [0.25, 0.3) is 0 Å². The molecule has 1 aromatic heterocycles. The Hall–Kier alpha value is -1.94. The van der Waals surface area contributed by atoms with Crippen molar-refractivity contribution in [2.75, 3.05) is 18.4 Å². The monoisotopic (exact) mass is 282 g/mol. The lowest BCUT2D eigenvalue weighted by atomic mass is 10.1. The fourth-order valence-corrected chi connectivity index (χ4v) is 2.90. The molecule has 0 bridgehead atoms. The third-order valence-electron chi connectivity index (χ3n) is 4.18. The molecule has 21 heavy (non-hydrogen) atoms. The predicted molar refractivity (Wildman–Crippen MR) is 85.2 cm³/mol. The summed E-state index contributed by atoms with van der Waals surface area (Å²) in [5.41, 5.74) is 2.38. The number of aromatic nitrogens is 2. The average molecular weight is 282 g/mol. The second-order valence-electron chi connectivity index (χ2n) is 5.73. The van der Waals surface area contributed by atoms with Crippen LogP contribution in [0.25, 0.3) is 0 Å². The summed E-state index contributed by atoms with van der Waals surface area (Å²) in [7, 11) is 0. The van der Waals surface area contributed by atoms with E-state index in [1.165, 1.54) is 5.56 Å². The number of hydrogen-bond acceptors (Lipinski definition) is 4. The van der Waals surface area contributed by atoms with Gasteiger partial charge in [0.05, 0.1) is 0 Å². The van der Waals surface area contributed by atoms with Crippen molar-refractivity contribution in [2.24, 2.45) is 0 Å². The quantitative estimate of drug-likeness (QED) is 0.936. The molecule has 4 nitrogen and oxygen atoms in total. The topological polar surface area (TPSA) is 41.1 Å². The van der Waals surface area contributed by atoms with Crippen LogP contribution < -0.4 is 5.32 Å². The van der Waals surface area contributed by atoms with Crippen LogP contribution in [0.4, 0.5) is 5.95 Å². The Morgan fingerprint density at radius 3 is 2.81 bits per heavy atom. The van der Waals surface area contributed by atoms with Crippen molar-refractivity contribution in [2.45, 2.75) is 32.4 Å². The molecule has 0 amide bonds. The van der Waals surface area contributed by atoms with Crippen molar-refractivity contribution in [3.63, 3.8) is 0 Å². The second-order valence-corrected chi connectivity index (χ2v) is 5.73. The Morgan fingerprint density at radius 2 is 2.05 bits per heavy atom. The molecule has 110 valence electrons. The fourth-order valence-electron chi connectivity index (χ4n) is 2.90. The molecular weight excluding hydrogens is 260 g/mol. The summed E-state index contributed by atoms with van der Waals surface area (Å²) in [5, 5.41) is 3.45.